The van der Waals surface area contributed by atoms with E-state index in [1.165, 1.54) is 0 Å². The Morgan fingerprint density at radius 1 is 0.957 bits per heavy atom. The van der Waals surface area contributed by atoms with Crippen molar-refractivity contribution in [1.29, 1.82) is 0 Å². The molecule has 1 N–H and O–H groups in total. The number of hydroxylamine groups is 1. The number of carbonyl (C=O) groups is 2. The summed E-state index contributed by atoms with van der Waals surface area (Å²) in [5.74, 6) is -0.336. The van der Waals surface area contributed by atoms with Crippen molar-refractivity contribution in [2.45, 2.75) is 51.2 Å². The summed E-state index contributed by atoms with van der Waals surface area (Å²) < 4.78 is 5.43. The standard InChI is InChI=1S/C16H27N3O4/c20-15(17-23-14-7-1-4-11-22-14)13-6-5-10-19(12-13)16(21)18-8-2-3-9-18/h13-14H,1-12H2,(H,17,20)/t13-,14+/m1/s1. The summed E-state index contributed by atoms with van der Waals surface area (Å²) in [6, 6.07) is 0.0801. The van der Waals surface area contributed by atoms with E-state index in [9.17, 15) is 9.59 Å². The summed E-state index contributed by atoms with van der Waals surface area (Å²) in [4.78, 5) is 33.8. The van der Waals surface area contributed by atoms with E-state index in [1.54, 1.807) is 0 Å². The predicted molar refractivity (Wildman–Crippen MR) is 83.3 cm³/mol. The molecule has 0 bridgehead atoms. The van der Waals surface area contributed by atoms with E-state index in [-0.39, 0.29) is 24.1 Å². The highest BCUT2D eigenvalue weighted by Crippen LogP contribution is 2.20. The van der Waals surface area contributed by atoms with Gasteiger partial charge in [0.2, 0.25) is 5.91 Å². The first-order valence-corrected chi connectivity index (χ1v) is 8.85. The van der Waals surface area contributed by atoms with Crippen molar-refractivity contribution in [3.63, 3.8) is 0 Å². The number of ether oxygens (including phenoxy) is 1. The molecule has 7 heteroatoms. The highest BCUT2D eigenvalue weighted by Gasteiger charge is 2.32. The molecule has 2 atom stereocenters. The molecule has 0 aromatic heterocycles. The van der Waals surface area contributed by atoms with Crippen molar-refractivity contribution < 1.29 is 19.2 Å². The number of nitrogens with one attached hydrogen (secondary N) is 1. The Morgan fingerprint density at radius 2 is 1.74 bits per heavy atom. The molecule has 3 aliphatic rings. The van der Waals surface area contributed by atoms with Crippen LogP contribution in [0.1, 0.15) is 44.9 Å². The van der Waals surface area contributed by atoms with E-state index in [1.807, 2.05) is 9.80 Å². The van der Waals surface area contributed by atoms with Gasteiger partial charge < -0.3 is 14.5 Å². The number of nitrogens with zero attached hydrogens (tertiary/aromatic N) is 2. The van der Waals surface area contributed by atoms with Crippen LogP contribution in [0.25, 0.3) is 0 Å². The molecule has 0 saturated carbocycles. The fourth-order valence-corrected chi connectivity index (χ4v) is 3.48. The van der Waals surface area contributed by atoms with Gasteiger partial charge in [0.05, 0.1) is 5.92 Å². The molecule has 3 heterocycles. The fourth-order valence-electron chi connectivity index (χ4n) is 3.48. The Morgan fingerprint density at radius 3 is 2.48 bits per heavy atom. The van der Waals surface area contributed by atoms with Gasteiger partial charge in [0, 0.05) is 39.2 Å². The Hall–Kier alpha value is -1.34. The molecular formula is C16H27N3O4. The number of likely N-dealkylation sites (tertiary alicyclic amines) is 2. The third-order valence-electron chi connectivity index (χ3n) is 4.87. The molecule has 7 nitrogen and oxygen atoms in total. The van der Waals surface area contributed by atoms with Gasteiger partial charge in [0.25, 0.3) is 0 Å². The first-order valence-electron chi connectivity index (χ1n) is 8.85. The Bertz CT molecular complexity index is 420. The van der Waals surface area contributed by atoms with Crippen LogP contribution in [-0.2, 0) is 14.4 Å². The van der Waals surface area contributed by atoms with E-state index in [2.05, 4.69) is 5.48 Å². The van der Waals surface area contributed by atoms with Gasteiger partial charge in [-0.05, 0) is 38.5 Å². The highest BCUT2D eigenvalue weighted by molar-refractivity contribution is 5.80. The van der Waals surface area contributed by atoms with Crippen LogP contribution in [0.2, 0.25) is 0 Å². The van der Waals surface area contributed by atoms with Crippen molar-refractivity contribution in [2.75, 3.05) is 32.8 Å². The second-order valence-electron chi connectivity index (χ2n) is 6.64. The number of rotatable bonds is 3. The Balaban J connectivity index is 1.45. The summed E-state index contributed by atoms with van der Waals surface area (Å²) in [6.45, 7) is 3.59. The minimum absolute atomic E-state index is 0.0801. The van der Waals surface area contributed by atoms with Gasteiger partial charge in [0.1, 0.15) is 0 Å². The van der Waals surface area contributed by atoms with Crippen LogP contribution in [0.3, 0.4) is 0 Å². The summed E-state index contributed by atoms with van der Waals surface area (Å²) >= 11 is 0. The van der Waals surface area contributed by atoms with Gasteiger partial charge in [-0.25, -0.2) is 15.1 Å². The van der Waals surface area contributed by atoms with Crippen molar-refractivity contribution in [2.24, 2.45) is 5.92 Å². The minimum atomic E-state index is -0.335. The molecule has 3 amide bonds. The first-order chi connectivity index (χ1) is 11.2. The third kappa shape index (κ3) is 4.35. The summed E-state index contributed by atoms with van der Waals surface area (Å²) in [7, 11) is 0. The molecule has 3 saturated heterocycles. The van der Waals surface area contributed by atoms with Crippen LogP contribution in [0, 0.1) is 5.92 Å². The largest absolute Gasteiger partial charge is 0.350 e. The van der Waals surface area contributed by atoms with Crippen molar-refractivity contribution >= 4 is 11.9 Å². The van der Waals surface area contributed by atoms with Crippen molar-refractivity contribution in [1.82, 2.24) is 15.3 Å². The average molecular weight is 325 g/mol. The molecule has 3 rings (SSSR count). The average Bonchev–Trinajstić information content (AvgIpc) is 3.14. The van der Waals surface area contributed by atoms with E-state index in [4.69, 9.17) is 9.57 Å². The normalized spacial score (nSPS) is 28.7. The number of amides is 3. The lowest BCUT2D eigenvalue weighted by Crippen LogP contribution is -2.50. The topological polar surface area (TPSA) is 71.1 Å². The van der Waals surface area contributed by atoms with Crippen LogP contribution in [-0.4, -0.2) is 60.8 Å². The van der Waals surface area contributed by atoms with Crippen molar-refractivity contribution in [3.05, 3.63) is 0 Å². The molecule has 0 aromatic carbocycles. The zero-order valence-corrected chi connectivity index (χ0v) is 13.7. The van der Waals surface area contributed by atoms with Gasteiger partial charge >= 0.3 is 6.03 Å². The molecule has 0 unspecified atom stereocenters. The second kappa shape index (κ2) is 7.97. The van der Waals surface area contributed by atoms with E-state index in [0.29, 0.717) is 13.2 Å². The maximum atomic E-state index is 12.4. The second-order valence-corrected chi connectivity index (χ2v) is 6.64. The van der Waals surface area contributed by atoms with E-state index in [0.717, 1.165) is 64.6 Å². The number of hydrogen-bond acceptors (Lipinski definition) is 4. The fraction of sp³-hybridized carbons (Fsp3) is 0.875. The predicted octanol–water partition coefficient (Wildman–Crippen LogP) is 1.49. The maximum absolute atomic E-state index is 12.4. The number of urea groups is 1. The highest BCUT2D eigenvalue weighted by atomic mass is 16.8. The molecule has 0 aromatic rings. The molecule has 0 aliphatic carbocycles. The molecule has 23 heavy (non-hydrogen) atoms. The lowest BCUT2D eigenvalue weighted by Gasteiger charge is -2.34. The Labute approximate surface area is 137 Å². The van der Waals surface area contributed by atoms with Crippen molar-refractivity contribution in [3.8, 4) is 0 Å². The zero-order valence-electron chi connectivity index (χ0n) is 13.7. The van der Waals surface area contributed by atoms with E-state index >= 15 is 0 Å². The van der Waals surface area contributed by atoms with Crippen LogP contribution in [0.5, 0.6) is 0 Å². The van der Waals surface area contributed by atoms with Crippen LogP contribution in [0.15, 0.2) is 0 Å². The summed E-state index contributed by atoms with van der Waals surface area (Å²) in [6.07, 6.45) is 6.40. The van der Waals surface area contributed by atoms with Gasteiger partial charge in [-0.2, -0.15) is 0 Å². The summed E-state index contributed by atoms with van der Waals surface area (Å²) in [5.41, 5.74) is 2.54. The molecular weight excluding hydrogens is 298 g/mol. The van der Waals surface area contributed by atoms with Gasteiger partial charge in [-0.15, -0.1) is 0 Å². The van der Waals surface area contributed by atoms with Gasteiger partial charge in [0.15, 0.2) is 6.29 Å². The maximum Gasteiger partial charge on any atom is 0.320 e. The van der Waals surface area contributed by atoms with Gasteiger partial charge in [-0.3, -0.25) is 4.79 Å². The smallest absolute Gasteiger partial charge is 0.320 e. The molecule has 3 aliphatic heterocycles. The van der Waals surface area contributed by atoms with Crippen LogP contribution >= 0.6 is 0 Å². The lowest BCUT2D eigenvalue weighted by atomic mass is 9.98. The van der Waals surface area contributed by atoms with Crippen LogP contribution in [0.4, 0.5) is 4.79 Å². The first kappa shape index (κ1) is 16.5. The summed E-state index contributed by atoms with van der Waals surface area (Å²) in [5, 5.41) is 0. The number of carbonyl (C=O) groups excluding carboxylic acids is 2. The molecule has 0 spiro atoms. The number of piperidine rings is 1. The lowest BCUT2D eigenvalue weighted by molar-refractivity contribution is -0.202. The quantitative estimate of drug-likeness (QED) is 0.798. The van der Waals surface area contributed by atoms with Crippen LogP contribution < -0.4 is 5.48 Å². The molecule has 3 fully saturated rings. The van der Waals surface area contributed by atoms with Gasteiger partial charge in [-0.1, -0.05) is 0 Å². The molecule has 130 valence electrons. The SMILES string of the molecule is O=C(NO[C@H]1CCCCO1)[C@@H]1CCCN(C(=O)N2CCCC2)C1. The Kier molecular flexibility index (Phi) is 5.72. The molecule has 0 radical (unpaired) electrons. The zero-order chi connectivity index (χ0) is 16.1. The minimum Gasteiger partial charge on any atom is -0.350 e. The third-order valence-corrected chi connectivity index (χ3v) is 4.87. The van der Waals surface area contributed by atoms with E-state index < -0.39 is 0 Å². The number of hydrogen-bond donors (Lipinski definition) is 1. The monoisotopic (exact) mass is 325 g/mol.